The van der Waals surface area contributed by atoms with Crippen LogP contribution in [0.3, 0.4) is 0 Å². The Bertz CT molecular complexity index is 1180. The first kappa shape index (κ1) is 24.0. The molecule has 3 N–H and O–H groups in total. The molecule has 0 aliphatic heterocycles. The third-order valence-electron chi connectivity index (χ3n) is 6.23. The molecule has 0 saturated carbocycles. The molecule has 4 rings (SSSR count). The molecule has 3 aromatic carbocycles. The van der Waals surface area contributed by atoms with E-state index in [1.165, 1.54) is 11.1 Å². The first-order chi connectivity index (χ1) is 17.0. The van der Waals surface area contributed by atoms with Crippen LogP contribution in [0.25, 0.3) is 11.1 Å². The highest BCUT2D eigenvalue weighted by molar-refractivity contribution is 5.85. The van der Waals surface area contributed by atoms with Gasteiger partial charge in [-0.25, -0.2) is 9.59 Å². The van der Waals surface area contributed by atoms with E-state index in [0.29, 0.717) is 18.5 Å². The van der Waals surface area contributed by atoms with Crippen LogP contribution in [0.5, 0.6) is 0 Å². The van der Waals surface area contributed by atoms with Gasteiger partial charge in [0, 0.05) is 18.0 Å². The summed E-state index contributed by atoms with van der Waals surface area (Å²) < 4.78 is 5.57. The van der Waals surface area contributed by atoms with E-state index < -0.39 is 18.1 Å². The fraction of sp³-hybridized carbons (Fsp3) is 0.250. The van der Waals surface area contributed by atoms with E-state index in [4.69, 9.17) is 9.84 Å². The van der Waals surface area contributed by atoms with Crippen molar-refractivity contribution in [2.24, 2.45) is 0 Å². The number of fused-ring (bicyclic) bond motifs is 3. The van der Waals surface area contributed by atoms with E-state index in [1.807, 2.05) is 36.4 Å². The van der Waals surface area contributed by atoms with Crippen LogP contribution in [-0.4, -0.2) is 35.7 Å². The number of carbonyl (C=O) groups excluding carboxylic acids is 2. The number of anilines is 1. The summed E-state index contributed by atoms with van der Waals surface area (Å²) >= 11 is 0. The number of carboxylic acid groups (broad SMARTS) is 1. The normalized spacial score (nSPS) is 12.8. The third-order valence-corrected chi connectivity index (χ3v) is 6.23. The molecule has 7 heteroatoms. The van der Waals surface area contributed by atoms with Gasteiger partial charge >= 0.3 is 12.1 Å². The number of rotatable bonds is 9. The lowest BCUT2D eigenvalue weighted by molar-refractivity contribution is -0.141. The second-order valence-corrected chi connectivity index (χ2v) is 8.51. The van der Waals surface area contributed by atoms with Crippen LogP contribution >= 0.6 is 0 Å². The summed E-state index contributed by atoms with van der Waals surface area (Å²) in [7, 11) is 0. The Hall–Kier alpha value is -4.13. The van der Waals surface area contributed by atoms with E-state index in [9.17, 15) is 14.4 Å². The van der Waals surface area contributed by atoms with Crippen LogP contribution in [-0.2, 0) is 20.7 Å². The standard InChI is InChI=1S/C28H28N2O5/c1-2-25(27(32)33)30-26(31)16-13-18-11-14-19(15-12-18)29-28(34)35-17-24-22-9-5-3-7-20(22)21-8-4-6-10-23(21)24/h3-12,14-15,24-25H,2,13,16-17H2,1H3,(H,29,34)(H,30,31)(H,32,33). The molecular weight excluding hydrogens is 444 g/mol. The molecule has 0 saturated heterocycles. The average Bonchev–Trinajstić information content (AvgIpc) is 3.19. The maximum atomic E-state index is 12.4. The van der Waals surface area contributed by atoms with Crippen molar-refractivity contribution in [2.75, 3.05) is 11.9 Å². The molecule has 0 bridgehead atoms. The highest BCUT2D eigenvalue weighted by atomic mass is 16.5. The number of nitrogens with one attached hydrogen (secondary N) is 2. The van der Waals surface area contributed by atoms with Crippen molar-refractivity contribution >= 4 is 23.7 Å². The number of carboxylic acids is 1. The fourth-order valence-electron chi connectivity index (χ4n) is 4.37. The molecule has 0 aromatic heterocycles. The van der Waals surface area contributed by atoms with Crippen molar-refractivity contribution in [1.29, 1.82) is 0 Å². The quantitative estimate of drug-likeness (QED) is 0.408. The lowest BCUT2D eigenvalue weighted by Gasteiger charge is -2.15. The number of aliphatic carboxylic acids is 1. The zero-order chi connectivity index (χ0) is 24.8. The highest BCUT2D eigenvalue weighted by Gasteiger charge is 2.29. The molecule has 180 valence electrons. The van der Waals surface area contributed by atoms with Gasteiger partial charge in [-0.15, -0.1) is 0 Å². The summed E-state index contributed by atoms with van der Waals surface area (Å²) in [5.41, 5.74) is 6.16. The number of ether oxygens (including phenoxy) is 1. The van der Waals surface area contributed by atoms with Crippen molar-refractivity contribution in [3.05, 3.63) is 89.5 Å². The Morgan fingerprint density at radius 3 is 2.09 bits per heavy atom. The van der Waals surface area contributed by atoms with Crippen LogP contribution < -0.4 is 10.6 Å². The highest BCUT2D eigenvalue weighted by Crippen LogP contribution is 2.44. The van der Waals surface area contributed by atoms with Gasteiger partial charge in [-0.2, -0.15) is 0 Å². The van der Waals surface area contributed by atoms with Gasteiger partial charge in [-0.05, 0) is 52.8 Å². The Labute approximate surface area is 204 Å². The van der Waals surface area contributed by atoms with Crippen LogP contribution in [0.1, 0.15) is 42.4 Å². The molecule has 1 aliphatic rings. The van der Waals surface area contributed by atoms with Gasteiger partial charge in [-0.3, -0.25) is 10.1 Å². The molecule has 0 fully saturated rings. The molecule has 3 aromatic rings. The van der Waals surface area contributed by atoms with E-state index in [2.05, 4.69) is 34.9 Å². The van der Waals surface area contributed by atoms with Gasteiger partial charge in [0.2, 0.25) is 5.91 Å². The van der Waals surface area contributed by atoms with E-state index in [-0.39, 0.29) is 24.9 Å². The second-order valence-electron chi connectivity index (χ2n) is 8.51. The summed E-state index contributed by atoms with van der Waals surface area (Å²) in [5, 5.41) is 14.3. The van der Waals surface area contributed by atoms with E-state index >= 15 is 0 Å². The summed E-state index contributed by atoms with van der Waals surface area (Å²) in [6, 6.07) is 22.6. The van der Waals surface area contributed by atoms with Gasteiger partial charge < -0.3 is 15.2 Å². The van der Waals surface area contributed by atoms with Crippen molar-refractivity contribution in [3.63, 3.8) is 0 Å². The van der Waals surface area contributed by atoms with Gasteiger partial charge in [0.15, 0.2) is 0 Å². The van der Waals surface area contributed by atoms with Gasteiger partial charge in [0.05, 0.1) is 0 Å². The maximum absolute atomic E-state index is 12.4. The first-order valence-electron chi connectivity index (χ1n) is 11.7. The Morgan fingerprint density at radius 1 is 0.914 bits per heavy atom. The summed E-state index contributed by atoms with van der Waals surface area (Å²) in [6.45, 7) is 1.95. The SMILES string of the molecule is CCC(NC(=O)CCc1ccc(NC(=O)OCC2c3ccccc3-c3ccccc32)cc1)C(=O)O. The molecule has 7 nitrogen and oxygen atoms in total. The minimum Gasteiger partial charge on any atom is -0.480 e. The van der Waals surface area contributed by atoms with Crippen LogP contribution in [0.4, 0.5) is 10.5 Å². The van der Waals surface area contributed by atoms with Gasteiger partial charge in [-0.1, -0.05) is 67.6 Å². The fourth-order valence-corrected chi connectivity index (χ4v) is 4.37. The minimum absolute atomic E-state index is 0.00453. The topological polar surface area (TPSA) is 105 Å². The minimum atomic E-state index is -1.04. The van der Waals surface area contributed by atoms with E-state index in [0.717, 1.165) is 16.7 Å². The van der Waals surface area contributed by atoms with E-state index in [1.54, 1.807) is 19.1 Å². The Morgan fingerprint density at radius 2 is 1.51 bits per heavy atom. The molecule has 35 heavy (non-hydrogen) atoms. The summed E-state index contributed by atoms with van der Waals surface area (Å²) in [6.07, 6.45) is 0.450. The van der Waals surface area contributed by atoms with Gasteiger partial charge in [0.25, 0.3) is 0 Å². The smallest absolute Gasteiger partial charge is 0.411 e. The molecule has 0 radical (unpaired) electrons. The molecule has 2 amide bonds. The van der Waals surface area contributed by atoms with Crippen LogP contribution in [0.15, 0.2) is 72.8 Å². The van der Waals surface area contributed by atoms with Crippen molar-refractivity contribution in [3.8, 4) is 11.1 Å². The van der Waals surface area contributed by atoms with Crippen LogP contribution in [0, 0.1) is 0 Å². The molecular formula is C28H28N2O5. The molecule has 0 heterocycles. The zero-order valence-electron chi connectivity index (χ0n) is 19.5. The average molecular weight is 473 g/mol. The lowest BCUT2D eigenvalue weighted by Crippen LogP contribution is -2.40. The molecule has 1 atom stereocenters. The third kappa shape index (κ3) is 5.69. The Balaban J connectivity index is 1.28. The number of hydrogen-bond acceptors (Lipinski definition) is 4. The number of hydrogen-bond donors (Lipinski definition) is 3. The summed E-state index contributed by atoms with van der Waals surface area (Å²) in [4.78, 5) is 35.5. The number of amides is 2. The largest absolute Gasteiger partial charge is 0.480 e. The van der Waals surface area contributed by atoms with Crippen molar-refractivity contribution in [2.45, 2.75) is 38.1 Å². The molecule has 1 unspecified atom stereocenters. The second kappa shape index (κ2) is 10.9. The molecule has 0 spiro atoms. The Kier molecular flexibility index (Phi) is 7.45. The molecule has 1 aliphatic carbocycles. The van der Waals surface area contributed by atoms with Crippen LogP contribution in [0.2, 0.25) is 0 Å². The predicted octanol–water partition coefficient (Wildman–Crippen LogP) is 4.96. The maximum Gasteiger partial charge on any atom is 0.411 e. The zero-order valence-corrected chi connectivity index (χ0v) is 19.5. The number of aryl methyl sites for hydroxylation is 1. The lowest BCUT2D eigenvalue weighted by atomic mass is 9.98. The number of carbonyl (C=O) groups is 3. The van der Waals surface area contributed by atoms with Gasteiger partial charge in [0.1, 0.15) is 12.6 Å². The first-order valence-corrected chi connectivity index (χ1v) is 11.7. The monoisotopic (exact) mass is 472 g/mol. The van der Waals surface area contributed by atoms with Crippen molar-refractivity contribution in [1.82, 2.24) is 5.32 Å². The predicted molar refractivity (Wildman–Crippen MR) is 133 cm³/mol. The number of benzene rings is 3. The van der Waals surface area contributed by atoms with Crippen molar-refractivity contribution < 1.29 is 24.2 Å². The summed E-state index contributed by atoms with van der Waals surface area (Å²) in [5.74, 6) is -1.35.